The molecule has 1 amide bonds. The number of nitrogens with zero attached hydrogens (tertiary/aromatic N) is 1. The third-order valence-electron chi connectivity index (χ3n) is 4.70. The Labute approximate surface area is 167 Å². The molecule has 0 atom stereocenters. The van der Waals surface area contributed by atoms with Gasteiger partial charge in [-0.15, -0.1) is 0 Å². The second-order valence-corrected chi connectivity index (χ2v) is 7.84. The highest BCUT2D eigenvalue weighted by Gasteiger charge is 2.25. The highest BCUT2D eigenvalue weighted by molar-refractivity contribution is 9.10. The lowest BCUT2D eigenvalue weighted by Crippen LogP contribution is -2.37. The fraction of sp³-hybridized carbons (Fsp3) is 0.350. The van der Waals surface area contributed by atoms with Gasteiger partial charge in [0.2, 0.25) is 5.91 Å². The summed E-state index contributed by atoms with van der Waals surface area (Å²) in [5.41, 5.74) is 2.00. The maximum absolute atomic E-state index is 12.5. The SMILES string of the molecule is COc1ccc(NC(=O)C2CCN(Cc3ccc(Br)cc3)CC2)cc1Cl. The van der Waals surface area contributed by atoms with Crippen molar-refractivity contribution < 1.29 is 9.53 Å². The van der Waals surface area contributed by atoms with Crippen LogP contribution in [0.25, 0.3) is 0 Å². The molecule has 3 rings (SSSR count). The average molecular weight is 438 g/mol. The molecule has 6 heteroatoms. The lowest BCUT2D eigenvalue weighted by molar-refractivity contribution is -0.121. The number of anilines is 1. The van der Waals surface area contributed by atoms with E-state index < -0.39 is 0 Å². The van der Waals surface area contributed by atoms with Crippen molar-refractivity contribution in [3.8, 4) is 5.75 Å². The summed E-state index contributed by atoms with van der Waals surface area (Å²) in [4.78, 5) is 14.9. The molecule has 0 radical (unpaired) electrons. The van der Waals surface area contributed by atoms with Gasteiger partial charge in [0.1, 0.15) is 5.75 Å². The average Bonchev–Trinajstić information content (AvgIpc) is 2.64. The molecule has 1 saturated heterocycles. The Morgan fingerprint density at radius 2 is 1.92 bits per heavy atom. The van der Waals surface area contributed by atoms with E-state index in [2.05, 4.69) is 50.4 Å². The van der Waals surface area contributed by atoms with E-state index in [0.29, 0.717) is 16.5 Å². The number of piperidine rings is 1. The van der Waals surface area contributed by atoms with Crippen molar-refractivity contribution >= 4 is 39.1 Å². The highest BCUT2D eigenvalue weighted by atomic mass is 79.9. The van der Waals surface area contributed by atoms with Crippen LogP contribution in [0.4, 0.5) is 5.69 Å². The van der Waals surface area contributed by atoms with Crippen LogP contribution in [-0.4, -0.2) is 31.0 Å². The first-order valence-corrected chi connectivity index (χ1v) is 9.83. The molecule has 2 aromatic rings. The summed E-state index contributed by atoms with van der Waals surface area (Å²) < 4.78 is 6.23. The van der Waals surface area contributed by atoms with Gasteiger partial charge in [-0.2, -0.15) is 0 Å². The largest absolute Gasteiger partial charge is 0.495 e. The number of methoxy groups -OCH3 is 1. The van der Waals surface area contributed by atoms with E-state index in [1.807, 2.05) is 6.07 Å². The predicted octanol–water partition coefficient (Wildman–Crippen LogP) is 4.96. The van der Waals surface area contributed by atoms with Gasteiger partial charge < -0.3 is 10.1 Å². The minimum Gasteiger partial charge on any atom is -0.495 e. The van der Waals surface area contributed by atoms with Crippen molar-refractivity contribution in [1.29, 1.82) is 0 Å². The standard InChI is InChI=1S/C20H22BrClN2O2/c1-26-19-7-6-17(12-18(19)22)23-20(25)15-8-10-24(11-9-15)13-14-2-4-16(21)5-3-14/h2-7,12,15H,8-11,13H2,1H3,(H,23,25). The molecular formula is C20H22BrClN2O2. The van der Waals surface area contributed by atoms with Gasteiger partial charge in [0.15, 0.2) is 0 Å². The van der Waals surface area contributed by atoms with Crippen LogP contribution in [0.2, 0.25) is 5.02 Å². The van der Waals surface area contributed by atoms with Gasteiger partial charge in [-0.05, 0) is 61.8 Å². The molecule has 0 spiro atoms. The van der Waals surface area contributed by atoms with Crippen LogP contribution in [0.3, 0.4) is 0 Å². The fourth-order valence-corrected chi connectivity index (χ4v) is 3.71. The van der Waals surface area contributed by atoms with Crippen molar-refractivity contribution in [1.82, 2.24) is 4.90 Å². The lowest BCUT2D eigenvalue weighted by atomic mass is 9.95. The first-order valence-electron chi connectivity index (χ1n) is 8.66. The van der Waals surface area contributed by atoms with E-state index in [-0.39, 0.29) is 11.8 Å². The summed E-state index contributed by atoms with van der Waals surface area (Å²) in [6.45, 7) is 2.78. The molecule has 0 aromatic heterocycles. The maximum atomic E-state index is 12.5. The van der Waals surface area contributed by atoms with E-state index in [9.17, 15) is 4.79 Å². The molecule has 4 nitrogen and oxygen atoms in total. The van der Waals surface area contributed by atoms with E-state index in [4.69, 9.17) is 16.3 Å². The van der Waals surface area contributed by atoms with Gasteiger partial charge in [0.05, 0.1) is 12.1 Å². The van der Waals surface area contributed by atoms with Gasteiger partial charge in [0.25, 0.3) is 0 Å². The third kappa shape index (κ3) is 5.00. The first-order chi connectivity index (χ1) is 12.5. The van der Waals surface area contributed by atoms with Crippen LogP contribution in [0.1, 0.15) is 18.4 Å². The monoisotopic (exact) mass is 436 g/mol. The lowest BCUT2D eigenvalue weighted by Gasteiger charge is -2.31. The summed E-state index contributed by atoms with van der Waals surface area (Å²) in [7, 11) is 1.57. The van der Waals surface area contributed by atoms with Gasteiger partial charge in [-0.1, -0.05) is 39.7 Å². The number of amides is 1. The molecule has 0 aliphatic carbocycles. The fourth-order valence-electron chi connectivity index (χ4n) is 3.19. The zero-order valence-corrected chi connectivity index (χ0v) is 17.0. The molecule has 138 valence electrons. The normalized spacial score (nSPS) is 15.7. The van der Waals surface area contributed by atoms with Crippen molar-refractivity contribution in [2.24, 2.45) is 5.92 Å². The molecule has 2 aromatic carbocycles. The summed E-state index contributed by atoms with van der Waals surface area (Å²) in [5.74, 6) is 0.706. The number of ether oxygens (including phenoxy) is 1. The van der Waals surface area contributed by atoms with Gasteiger partial charge >= 0.3 is 0 Å². The molecule has 1 aliphatic heterocycles. The molecule has 1 fully saturated rings. The number of hydrogen-bond donors (Lipinski definition) is 1. The molecule has 26 heavy (non-hydrogen) atoms. The van der Waals surface area contributed by atoms with Gasteiger partial charge in [-0.3, -0.25) is 9.69 Å². The molecule has 1 heterocycles. The number of carbonyl (C=O) groups is 1. The molecule has 0 saturated carbocycles. The van der Waals surface area contributed by atoms with Crippen molar-refractivity contribution in [2.45, 2.75) is 19.4 Å². The molecule has 0 unspecified atom stereocenters. The van der Waals surface area contributed by atoms with Crippen LogP contribution >= 0.6 is 27.5 Å². The predicted molar refractivity (Wildman–Crippen MR) is 109 cm³/mol. The first kappa shape index (κ1) is 19.2. The van der Waals surface area contributed by atoms with E-state index in [1.54, 1.807) is 19.2 Å². The smallest absolute Gasteiger partial charge is 0.227 e. The molecule has 1 N–H and O–H groups in total. The van der Waals surface area contributed by atoms with Gasteiger partial charge in [0, 0.05) is 22.6 Å². The maximum Gasteiger partial charge on any atom is 0.227 e. The van der Waals surface area contributed by atoms with E-state index in [1.165, 1.54) is 5.56 Å². The van der Waals surface area contributed by atoms with Crippen molar-refractivity contribution in [3.05, 3.63) is 57.5 Å². The second kappa shape index (κ2) is 8.89. The summed E-state index contributed by atoms with van der Waals surface area (Å²) in [6, 6.07) is 13.7. The minimum absolute atomic E-state index is 0.0389. The number of hydrogen-bond acceptors (Lipinski definition) is 3. The summed E-state index contributed by atoms with van der Waals surface area (Å²) >= 11 is 9.58. The van der Waals surface area contributed by atoms with Crippen molar-refractivity contribution in [2.75, 3.05) is 25.5 Å². The number of carbonyl (C=O) groups excluding carboxylic acids is 1. The Morgan fingerprint density at radius 3 is 2.54 bits per heavy atom. The number of rotatable bonds is 5. The van der Waals surface area contributed by atoms with Crippen LogP contribution in [0.15, 0.2) is 46.9 Å². The highest BCUT2D eigenvalue weighted by Crippen LogP contribution is 2.28. The van der Waals surface area contributed by atoms with E-state index >= 15 is 0 Å². The molecular weight excluding hydrogens is 416 g/mol. The number of likely N-dealkylation sites (tertiary alicyclic amines) is 1. The third-order valence-corrected chi connectivity index (χ3v) is 5.52. The van der Waals surface area contributed by atoms with Crippen LogP contribution in [0, 0.1) is 5.92 Å². The topological polar surface area (TPSA) is 41.6 Å². The van der Waals surface area contributed by atoms with E-state index in [0.717, 1.165) is 36.9 Å². The van der Waals surface area contributed by atoms with Gasteiger partial charge in [-0.25, -0.2) is 0 Å². The number of nitrogens with one attached hydrogen (secondary N) is 1. The quantitative estimate of drug-likeness (QED) is 0.718. The zero-order chi connectivity index (χ0) is 18.5. The number of benzene rings is 2. The molecule has 0 bridgehead atoms. The summed E-state index contributed by atoms with van der Waals surface area (Å²) in [5, 5.41) is 3.47. The van der Waals surface area contributed by atoms with Crippen LogP contribution in [-0.2, 0) is 11.3 Å². The zero-order valence-electron chi connectivity index (χ0n) is 14.7. The Hall–Kier alpha value is -1.56. The Morgan fingerprint density at radius 1 is 1.23 bits per heavy atom. The Balaban J connectivity index is 1.50. The van der Waals surface area contributed by atoms with Crippen LogP contribution in [0.5, 0.6) is 5.75 Å². The number of halogens is 2. The Kier molecular flexibility index (Phi) is 6.57. The second-order valence-electron chi connectivity index (χ2n) is 6.52. The van der Waals surface area contributed by atoms with Crippen LogP contribution < -0.4 is 10.1 Å². The minimum atomic E-state index is 0.0389. The summed E-state index contributed by atoms with van der Waals surface area (Å²) in [6.07, 6.45) is 1.73. The van der Waals surface area contributed by atoms with Crippen molar-refractivity contribution in [3.63, 3.8) is 0 Å². The molecule has 1 aliphatic rings. The Bertz CT molecular complexity index is 759.